The number of hydrogen-bond donors (Lipinski definition) is 1. The summed E-state index contributed by atoms with van der Waals surface area (Å²) in [6.07, 6.45) is 1.86. The topological polar surface area (TPSA) is 36.3 Å². The molecule has 4 rings (SSSR count). The van der Waals surface area contributed by atoms with Crippen molar-refractivity contribution in [2.45, 2.75) is 59.7 Å². The highest BCUT2D eigenvalue weighted by Crippen LogP contribution is 2.42. The molecule has 0 amide bonds. The normalized spacial score (nSPS) is 18.2. The lowest BCUT2D eigenvalue weighted by Gasteiger charge is -2.31. The van der Waals surface area contributed by atoms with E-state index in [1.165, 1.54) is 28.3 Å². The molecule has 2 atom stereocenters. The predicted molar refractivity (Wildman–Crippen MR) is 141 cm³/mol. The number of nitrogens with one attached hydrogen (secondary N) is 1. The van der Waals surface area contributed by atoms with Crippen molar-refractivity contribution in [3.63, 3.8) is 0 Å². The molecular weight excluding hydrogens is 426 g/mol. The maximum Gasteiger partial charge on any atom is 0.170 e. The summed E-state index contributed by atoms with van der Waals surface area (Å²) in [6, 6.07) is 17.7. The van der Waals surface area contributed by atoms with Gasteiger partial charge in [-0.1, -0.05) is 6.07 Å². The molecular formula is C27H35N5S. The molecule has 2 aromatic heterocycles. The number of benzene rings is 1. The molecule has 5 nitrogen and oxygen atoms in total. The SMILES string of the molecule is CCN(CC)c1ccc(-n2c(C)cc([C@@H]3[C@@H](c4ccccn4)NC(=S)N3C(C)C)c2C)cc1. The summed E-state index contributed by atoms with van der Waals surface area (Å²) in [6.45, 7) is 15.2. The first-order chi connectivity index (χ1) is 15.9. The van der Waals surface area contributed by atoms with Crippen molar-refractivity contribution in [2.75, 3.05) is 18.0 Å². The van der Waals surface area contributed by atoms with Gasteiger partial charge in [-0.05, 0) is 102 Å². The molecule has 0 radical (unpaired) electrons. The van der Waals surface area contributed by atoms with Crippen LogP contribution in [0.4, 0.5) is 5.69 Å². The fourth-order valence-corrected chi connectivity index (χ4v) is 5.59. The van der Waals surface area contributed by atoms with Crippen LogP contribution in [0.3, 0.4) is 0 Å². The number of nitrogens with zero attached hydrogens (tertiary/aromatic N) is 4. The molecule has 0 aliphatic carbocycles. The molecule has 0 spiro atoms. The van der Waals surface area contributed by atoms with E-state index in [4.69, 9.17) is 12.2 Å². The first-order valence-corrected chi connectivity index (χ1v) is 12.3. The van der Waals surface area contributed by atoms with Crippen LogP contribution in [0.15, 0.2) is 54.7 Å². The van der Waals surface area contributed by atoms with Crippen LogP contribution in [0.1, 0.15) is 62.4 Å². The maximum atomic E-state index is 5.78. The van der Waals surface area contributed by atoms with Gasteiger partial charge >= 0.3 is 0 Å². The average molecular weight is 462 g/mol. The van der Waals surface area contributed by atoms with Crippen molar-refractivity contribution in [1.82, 2.24) is 19.8 Å². The minimum atomic E-state index is 0.0140. The van der Waals surface area contributed by atoms with E-state index in [-0.39, 0.29) is 18.1 Å². The highest BCUT2D eigenvalue weighted by Gasteiger charge is 2.42. The molecule has 6 heteroatoms. The van der Waals surface area contributed by atoms with E-state index in [2.05, 4.69) is 103 Å². The second-order valence-corrected chi connectivity index (χ2v) is 9.36. The molecule has 1 N–H and O–H groups in total. The van der Waals surface area contributed by atoms with Gasteiger partial charge in [0.2, 0.25) is 0 Å². The lowest BCUT2D eigenvalue weighted by atomic mass is 9.96. The van der Waals surface area contributed by atoms with Crippen LogP contribution in [-0.2, 0) is 0 Å². The first-order valence-electron chi connectivity index (χ1n) is 11.9. The zero-order chi connectivity index (χ0) is 23.7. The van der Waals surface area contributed by atoms with Crippen molar-refractivity contribution in [2.24, 2.45) is 0 Å². The Bertz CT molecular complexity index is 1100. The second-order valence-electron chi connectivity index (χ2n) is 8.98. The van der Waals surface area contributed by atoms with Crippen LogP contribution in [-0.4, -0.2) is 38.7 Å². The van der Waals surface area contributed by atoms with Gasteiger partial charge in [0.1, 0.15) is 0 Å². The molecule has 1 aromatic carbocycles. The zero-order valence-corrected chi connectivity index (χ0v) is 21.4. The average Bonchev–Trinajstić information content (AvgIpc) is 3.31. The molecule has 174 valence electrons. The fourth-order valence-electron chi connectivity index (χ4n) is 5.14. The maximum absolute atomic E-state index is 5.78. The Hall–Kier alpha value is -2.86. The van der Waals surface area contributed by atoms with E-state index in [9.17, 15) is 0 Å². The van der Waals surface area contributed by atoms with Gasteiger partial charge < -0.3 is 19.7 Å². The summed E-state index contributed by atoms with van der Waals surface area (Å²) >= 11 is 5.78. The third-order valence-electron chi connectivity index (χ3n) is 6.72. The van der Waals surface area contributed by atoms with E-state index in [1.54, 1.807) is 0 Å². The van der Waals surface area contributed by atoms with Crippen molar-refractivity contribution >= 4 is 23.0 Å². The minimum absolute atomic E-state index is 0.0140. The van der Waals surface area contributed by atoms with Crippen LogP contribution >= 0.6 is 12.2 Å². The highest BCUT2D eigenvalue weighted by atomic mass is 32.1. The minimum Gasteiger partial charge on any atom is -0.372 e. The van der Waals surface area contributed by atoms with E-state index in [1.807, 2.05) is 18.3 Å². The summed E-state index contributed by atoms with van der Waals surface area (Å²) in [5, 5.41) is 4.35. The molecule has 0 saturated carbocycles. The quantitative estimate of drug-likeness (QED) is 0.456. The van der Waals surface area contributed by atoms with Gasteiger partial charge in [-0.15, -0.1) is 0 Å². The lowest BCUT2D eigenvalue weighted by Crippen LogP contribution is -2.35. The lowest BCUT2D eigenvalue weighted by molar-refractivity contribution is 0.269. The standard InChI is InChI=1S/C27H35N5S/c1-7-30(8-2)21-12-14-22(15-13-21)32-19(5)17-23(20(32)6)26-25(24-11-9-10-16-28-24)29-27(33)31(26)18(3)4/h9-18,25-26H,7-8H2,1-6H3,(H,29,33)/t25-,26-/m1/s1. The molecule has 1 aliphatic heterocycles. The van der Waals surface area contributed by atoms with E-state index < -0.39 is 0 Å². The number of thiocarbonyl (C=S) groups is 1. The summed E-state index contributed by atoms with van der Waals surface area (Å²) in [5.74, 6) is 0. The van der Waals surface area contributed by atoms with Gasteiger partial charge in [0, 0.05) is 48.1 Å². The molecule has 1 fully saturated rings. The Balaban J connectivity index is 1.77. The van der Waals surface area contributed by atoms with Crippen LogP contribution in [0.5, 0.6) is 0 Å². The van der Waals surface area contributed by atoms with Crippen molar-refractivity contribution in [1.29, 1.82) is 0 Å². The number of pyridine rings is 1. The monoisotopic (exact) mass is 461 g/mol. The van der Waals surface area contributed by atoms with Crippen molar-refractivity contribution in [3.8, 4) is 5.69 Å². The summed E-state index contributed by atoms with van der Waals surface area (Å²) < 4.78 is 2.36. The third kappa shape index (κ3) is 4.24. The van der Waals surface area contributed by atoms with Crippen LogP contribution < -0.4 is 10.2 Å². The zero-order valence-electron chi connectivity index (χ0n) is 20.5. The van der Waals surface area contributed by atoms with E-state index >= 15 is 0 Å². The molecule has 3 heterocycles. The van der Waals surface area contributed by atoms with E-state index in [0.29, 0.717) is 0 Å². The number of anilines is 1. The van der Waals surface area contributed by atoms with Gasteiger partial charge in [-0.2, -0.15) is 0 Å². The molecule has 0 unspecified atom stereocenters. The molecule has 3 aromatic rings. The smallest absolute Gasteiger partial charge is 0.170 e. The molecule has 33 heavy (non-hydrogen) atoms. The number of aromatic nitrogens is 2. The molecule has 1 saturated heterocycles. The number of aryl methyl sites for hydroxylation is 1. The largest absolute Gasteiger partial charge is 0.372 e. The third-order valence-corrected chi connectivity index (χ3v) is 7.05. The van der Waals surface area contributed by atoms with Gasteiger partial charge in [-0.3, -0.25) is 4.98 Å². The van der Waals surface area contributed by atoms with Gasteiger partial charge in [-0.25, -0.2) is 0 Å². The van der Waals surface area contributed by atoms with Crippen molar-refractivity contribution < 1.29 is 0 Å². The summed E-state index contributed by atoms with van der Waals surface area (Å²) in [7, 11) is 0. The number of hydrogen-bond acceptors (Lipinski definition) is 3. The number of rotatable bonds is 7. The van der Waals surface area contributed by atoms with Gasteiger partial charge in [0.05, 0.1) is 17.8 Å². The fraction of sp³-hybridized carbons (Fsp3) is 0.407. The Morgan fingerprint density at radius 3 is 2.33 bits per heavy atom. The summed E-state index contributed by atoms with van der Waals surface area (Å²) in [5.41, 5.74) is 7.22. The Labute approximate surface area is 203 Å². The van der Waals surface area contributed by atoms with Crippen LogP contribution in [0, 0.1) is 13.8 Å². The van der Waals surface area contributed by atoms with Crippen LogP contribution in [0.2, 0.25) is 0 Å². The van der Waals surface area contributed by atoms with Crippen molar-refractivity contribution in [3.05, 3.63) is 77.4 Å². The molecule has 0 bridgehead atoms. The summed E-state index contributed by atoms with van der Waals surface area (Å²) in [4.78, 5) is 9.36. The van der Waals surface area contributed by atoms with Crippen LogP contribution in [0.25, 0.3) is 5.69 Å². The molecule has 1 aliphatic rings. The highest BCUT2D eigenvalue weighted by molar-refractivity contribution is 7.80. The Morgan fingerprint density at radius 1 is 1.06 bits per heavy atom. The second kappa shape index (κ2) is 9.56. The van der Waals surface area contributed by atoms with E-state index in [0.717, 1.165) is 23.9 Å². The first kappa shape index (κ1) is 23.3. The van der Waals surface area contributed by atoms with Gasteiger partial charge in [0.25, 0.3) is 0 Å². The Kier molecular flexibility index (Phi) is 6.75. The Morgan fingerprint density at radius 2 is 1.76 bits per heavy atom. The predicted octanol–water partition coefficient (Wildman–Crippen LogP) is 5.72. The van der Waals surface area contributed by atoms with Gasteiger partial charge in [0.15, 0.2) is 5.11 Å².